The molecular formula is C14H21NO. The molecule has 1 aliphatic rings. The van der Waals surface area contributed by atoms with E-state index in [1.807, 2.05) is 0 Å². The molecule has 1 aromatic carbocycles. The van der Waals surface area contributed by atoms with Gasteiger partial charge in [-0.2, -0.15) is 0 Å². The van der Waals surface area contributed by atoms with E-state index in [9.17, 15) is 0 Å². The third-order valence-electron chi connectivity index (χ3n) is 3.45. The summed E-state index contributed by atoms with van der Waals surface area (Å²) in [4.78, 5) is 0. The van der Waals surface area contributed by atoms with Gasteiger partial charge in [-0.15, -0.1) is 0 Å². The van der Waals surface area contributed by atoms with Crippen molar-refractivity contribution in [1.29, 1.82) is 0 Å². The standard InChI is InChI=1S/C14H21NO/c1-10-5-4-6-13(7-10)14-8-15-12(3)11(2)9-16-14/h4-7,11-12,14-15H,8-9H2,1-3H3. The second-order valence-corrected chi connectivity index (χ2v) is 4.91. The van der Waals surface area contributed by atoms with Crippen molar-refractivity contribution >= 4 is 0 Å². The molecule has 16 heavy (non-hydrogen) atoms. The molecule has 1 fully saturated rings. The Kier molecular flexibility index (Phi) is 3.62. The van der Waals surface area contributed by atoms with Crippen LogP contribution in [-0.2, 0) is 4.74 Å². The van der Waals surface area contributed by atoms with Crippen molar-refractivity contribution in [1.82, 2.24) is 5.32 Å². The Morgan fingerprint density at radius 2 is 2.12 bits per heavy atom. The lowest BCUT2D eigenvalue weighted by molar-refractivity contribution is 0.0496. The van der Waals surface area contributed by atoms with Gasteiger partial charge in [-0.05, 0) is 25.3 Å². The zero-order valence-corrected chi connectivity index (χ0v) is 10.4. The summed E-state index contributed by atoms with van der Waals surface area (Å²) in [5.41, 5.74) is 2.58. The van der Waals surface area contributed by atoms with Crippen LogP contribution >= 0.6 is 0 Å². The molecule has 0 amide bonds. The van der Waals surface area contributed by atoms with Gasteiger partial charge in [0.25, 0.3) is 0 Å². The van der Waals surface area contributed by atoms with Gasteiger partial charge in [0.2, 0.25) is 0 Å². The number of hydrogen-bond acceptors (Lipinski definition) is 2. The van der Waals surface area contributed by atoms with Crippen LogP contribution in [-0.4, -0.2) is 19.2 Å². The highest BCUT2D eigenvalue weighted by atomic mass is 16.5. The summed E-state index contributed by atoms with van der Waals surface area (Å²) < 4.78 is 5.96. The van der Waals surface area contributed by atoms with Crippen molar-refractivity contribution in [3.63, 3.8) is 0 Å². The Hall–Kier alpha value is -0.860. The van der Waals surface area contributed by atoms with Crippen LogP contribution in [0.3, 0.4) is 0 Å². The maximum atomic E-state index is 5.96. The molecular weight excluding hydrogens is 198 g/mol. The molecule has 0 aliphatic carbocycles. The molecule has 3 atom stereocenters. The smallest absolute Gasteiger partial charge is 0.0949 e. The van der Waals surface area contributed by atoms with Crippen molar-refractivity contribution < 1.29 is 4.74 Å². The lowest BCUT2D eigenvalue weighted by Crippen LogP contribution is -2.32. The predicted molar refractivity (Wildman–Crippen MR) is 66.5 cm³/mol. The topological polar surface area (TPSA) is 21.3 Å². The van der Waals surface area contributed by atoms with E-state index in [1.54, 1.807) is 0 Å². The summed E-state index contributed by atoms with van der Waals surface area (Å²) in [6.07, 6.45) is 0.201. The first-order chi connectivity index (χ1) is 7.66. The van der Waals surface area contributed by atoms with E-state index in [2.05, 4.69) is 50.4 Å². The third kappa shape index (κ3) is 2.63. The van der Waals surface area contributed by atoms with Crippen molar-refractivity contribution in [2.24, 2.45) is 5.92 Å². The van der Waals surface area contributed by atoms with Gasteiger partial charge in [0.05, 0.1) is 12.7 Å². The van der Waals surface area contributed by atoms with Crippen LogP contribution in [0.2, 0.25) is 0 Å². The molecule has 0 aromatic heterocycles. The summed E-state index contributed by atoms with van der Waals surface area (Å²) in [5, 5.41) is 3.54. The average Bonchev–Trinajstić information content (AvgIpc) is 2.43. The molecule has 0 saturated carbocycles. The van der Waals surface area contributed by atoms with E-state index in [0.29, 0.717) is 12.0 Å². The van der Waals surface area contributed by atoms with Crippen LogP contribution in [0.1, 0.15) is 31.1 Å². The van der Waals surface area contributed by atoms with Crippen molar-refractivity contribution in [3.8, 4) is 0 Å². The molecule has 1 heterocycles. The van der Waals surface area contributed by atoms with Gasteiger partial charge in [-0.25, -0.2) is 0 Å². The molecule has 1 N–H and O–H groups in total. The van der Waals surface area contributed by atoms with Crippen LogP contribution in [0.25, 0.3) is 0 Å². The molecule has 2 heteroatoms. The van der Waals surface area contributed by atoms with Gasteiger partial charge in [-0.1, -0.05) is 36.8 Å². The summed E-state index contributed by atoms with van der Waals surface area (Å²) in [5.74, 6) is 0.579. The highest BCUT2D eigenvalue weighted by molar-refractivity contribution is 5.24. The van der Waals surface area contributed by atoms with Gasteiger partial charge in [0, 0.05) is 12.6 Å². The average molecular weight is 219 g/mol. The molecule has 0 radical (unpaired) electrons. The molecule has 2 rings (SSSR count). The lowest BCUT2D eigenvalue weighted by atomic mass is 10.1. The SMILES string of the molecule is Cc1cccc(C2CNC(C)C(C)CO2)c1. The minimum absolute atomic E-state index is 0.201. The van der Waals surface area contributed by atoms with Crippen LogP contribution in [0.4, 0.5) is 0 Å². The van der Waals surface area contributed by atoms with Crippen molar-refractivity contribution in [3.05, 3.63) is 35.4 Å². The van der Waals surface area contributed by atoms with Crippen molar-refractivity contribution in [2.45, 2.75) is 32.9 Å². The maximum absolute atomic E-state index is 5.96. The Morgan fingerprint density at radius 3 is 2.88 bits per heavy atom. The van der Waals surface area contributed by atoms with Gasteiger partial charge in [-0.3, -0.25) is 0 Å². The fraction of sp³-hybridized carbons (Fsp3) is 0.571. The lowest BCUT2D eigenvalue weighted by Gasteiger charge is -2.16. The molecule has 3 unspecified atom stereocenters. The molecule has 2 nitrogen and oxygen atoms in total. The van der Waals surface area contributed by atoms with Gasteiger partial charge in [0.15, 0.2) is 0 Å². The summed E-state index contributed by atoms with van der Waals surface area (Å²) in [6.45, 7) is 8.34. The van der Waals surface area contributed by atoms with E-state index in [0.717, 1.165) is 13.2 Å². The van der Waals surface area contributed by atoms with Crippen LogP contribution < -0.4 is 5.32 Å². The number of aryl methyl sites for hydroxylation is 1. The Morgan fingerprint density at radius 1 is 1.31 bits per heavy atom. The van der Waals surface area contributed by atoms with E-state index in [-0.39, 0.29) is 6.10 Å². The van der Waals surface area contributed by atoms with Crippen LogP contribution in [0.5, 0.6) is 0 Å². The molecule has 1 aromatic rings. The Bertz CT molecular complexity index is 338. The maximum Gasteiger partial charge on any atom is 0.0949 e. The zero-order valence-electron chi connectivity index (χ0n) is 10.4. The van der Waals surface area contributed by atoms with Gasteiger partial charge >= 0.3 is 0 Å². The predicted octanol–water partition coefficient (Wildman–Crippen LogP) is 2.68. The number of benzene rings is 1. The normalized spacial score (nSPS) is 31.1. The van der Waals surface area contributed by atoms with Crippen LogP contribution in [0, 0.1) is 12.8 Å². The van der Waals surface area contributed by atoms with E-state index in [1.165, 1.54) is 11.1 Å². The molecule has 88 valence electrons. The first-order valence-corrected chi connectivity index (χ1v) is 6.08. The summed E-state index contributed by atoms with van der Waals surface area (Å²) in [6, 6.07) is 9.13. The minimum atomic E-state index is 0.201. The molecule has 1 saturated heterocycles. The second-order valence-electron chi connectivity index (χ2n) is 4.91. The van der Waals surface area contributed by atoms with Gasteiger partial charge < -0.3 is 10.1 Å². The monoisotopic (exact) mass is 219 g/mol. The summed E-state index contributed by atoms with van der Waals surface area (Å²) >= 11 is 0. The first kappa shape index (κ1) is 11.6. The van der Waals surface area contributed by atoms with Crippen molar-refractivity contribution in [2.75, 3.05) is 13.2 Å². The van der Waals surface area contributed by atoms with E-state index < -0.39 is 0 Å². The van der Waals surface area contributed by atoms with Gasteiger partial charge in [0.1, 0.15) is 0 Å². The highest BCUT2D eigenvalue weighted by Crippen LogP contribution is 2.22. The van der Waals surface area contributed by atoms with Crippen LogP contribution in [0.15, 0.2) is 24.3 Å². The molecule has 1 aliphatic heterocycles. The number of rotatable bonds is 1. The first-order valence-electron chi connectivity index (χ1n) is 6.08. The Balaban J connectivity index is 2.10. The minimum Gasteiger partial charge on any atom is -0.372 e. The number of ether oxygens (including phenoxy) is 1. The fourth-order valence-corrected chi connectivity index (χ4v) is 2.05. The number of nitrogens with one attached hydrogen (secondary N) is 1. The quantitative estimate of drug-likeness (QED) is 0.784. The van der Waals surface area contributed by atoms with E-state index in [4.69, 9.17) is 4.74 Å². The third-order valence-corrected chi connectivity index (χ3v) is 3.45. The zero-order chi connectivity index (χ0) is 11.5. The largest absolute Gasteiger partial charge is 0.372 e. The summed E-state index contributed by atoms with van der Waals surface area (Å²) in [7, 11) is 0. The van der Waals surface area contributed by atoms with E-state index >= 15 is 0 Å². The highest BCUT2D eigenvalue weighted by Gasteiger charge is 2.22. The second kappa shape index (κ2) is 4.98. The Labute approximate surface area is 98.0 Å². The fourth-order valence-electron chi connectivity index (χ4n) is 2.05. The molecule has 0 spiro atoms. The molecule has 0 bridgehead atoms. The number of hydrogen-bond donors (Lipinski definition) is 1.